The van der Waals surface area contributed by atoms with Gasteiger partial charge in [-0.15, -0.1) is 5.10 Å². The fourth-order valence-corrected chi connectivity index (χ4v) is 5.97. The molecule has 4 rings (SSSR count). The number of carbonyl (C=O) groups excluding carboxylic acids is 1. The molecule has 1 unspecified atom stereocenters. The van der Waals surface area contributed by atoms with Crippen LogP contribution in [0.4, 0.5) is 5.69 Å². The van der Waals surface area contributed by atoms with Crippen LogP contribution in [0.2, 0.25) is 0 Å². The van der Waals surface area contributed by atoms with E-state index >= 15 is 0 Å². The Balaban J connectivity index is 1.64. The van der Waals surface area contributed by atoms with Crippen LogP contribution in [-0.4, -0.2) is 46.2 Å². The fourth-order valence-electron chi connectivity index (χ4n) is 4.30. The number of nitrogens with one attached hydrogen (secondary N) is 1. The summed E-state index contributed by atoms with van der Waals surface area (Å²) in [5, 5.41) is 11.2. The van der Waals surface area contributed by atoms with E-state index in [0.29, 0.717) is 18.5 Å². The van der Waals surface area contributed by atoms with Crippen LogP contribution in [0.25, 0.3) is 11.0 Å². The molecule has 0 bridgehead atoms. The second-order valence-electron chi connectivity index (χ2n) is 8.35. The molecule has 1 aliphatic heterocycles. The van der Waals surface area contributed by atoms with Crippen molar-refractivity contribution in [2.24, 2.45) is 0 Å². The summed E-state index contributed by atoms with van der Waals surface area (Å²) >= 11 is 0. The standard InChI is InChI=1S/C23H29N5O3S/c1-4-13-27-20-12-11-18(15-19(20)25-26-27)32(30,31)28-14-6-5-10-21(28)23(29)24-22-16(2)8-7-9-17(22)3/h7-9,11-12,15,21H,4-6,10,13-14H2,1-3H3,(H,24,29). The van der Waals surface area contributed by atoms with E-state index in [1.54, 1.807) is 22.9 Å². The van der Waals surface area contributed by atoms with E-state index < -0.39 is 16.1 Å². The van der Waals surface area contributed by atoms with Crippen molar-refractivity contribution in [2.45, 2.75) is 63.9 Å². The summed E-state index contributed by atoms with van der Waals surface area (Å²) in [4.78, 5) is 13.3. The van der Waals surface area contributed by atoms with E-state index in [2.05, 4.69) is 15.6 Å². The molecule has 1 aromatic heterocycles. The van der Waals surface area contributed by atoms with Crippen LogP contribution in [0.5, 0.6) is 0 Å². The first-order chi connectivity index (χ1) is 15.3. The lowest BCUT2D eigenvalue weighted by Crippen LogP contribution is -2.49. The van der Waals surface area contributed by atoms with Gasteiger partial charge in [0.15, 0.2) is 0 Å². The number of nitrogens with zero attached hydrogens (tertiary/aromatic N) is 4. The fraction of sp³-hybridized carbons (Fsp3) is 0.435. The summed E-state index contributed by atoms with van der Waals surface area (Å²) in [5.41, 5.74) is 3.98. The predicted octanol–water partition coefficient (Wildman–Crippen LogP) is 3.64. The molecular formula is C23H29N5O3S. The number of para-hydroxylation sites is 1. The Morgan fingerprint density at radius 3 is 2.62 bits per heavy atom. The summed E-state index contributed by atoms with van der Waals surface area (Å²) in [7, 11) is -3.87. The zero-order valence-electron chi connectivity index (χ0n) is 18.7. The Labute approximate surface area is 188 Å². The molecule has 1 atom stereocenters. The van der Waals surface area contributed by atoms with Crippen molar-refractivity contribution in [3.63, 3.8) is 0 Å². The SMILES string of the molecule is CCCn1nnc2cc(S(=O)(=O)N3CCCCC3C(=O)Nc3c(C)cccc3C)ccc21. The van der Waals surface area contributed by atoms with Gasteiger partial charge in [0.05, 0.1) is 10.4 Å². The van der Waals surface area contributed by atoms with Crippen molar-refractivity contribution >= 4 is 32.7 Å². The highest BCUT2D eigenvalue weighted by molar-refractivity contribution is 7.89. The molecule has 1 N–H and O–H groups in total. The molecule has 0 spiro atoms. The van der Waals surface area contributed by atoms with Gasteiger partial charge in [-0.3, -0.25) is 4.79 Å². The van der Waals surface area contributed by atoms with Crippen LogP contribution >= 0.6 is 0 Å². The predicted molar refractivity (Wildman–Crippen MR) is 124 cm³/mol. The Bertz CT molecular complexity index is 1230. The lowest BCUT2D eigenvalue weighted by Gasteiger charge is -2.33. The van der Waals surface area contributed by atoms with Crippen molar-refractivity contribution < 1.29 is 13.2 Å². The van der Waals surface area contributed by atoms with Crippen LogP contribution in [0.1, 0.15) is 43.7 Å². The first kappa shape index (κ1) is 22.4. The van der Waals surface area contributed by atoms with Crippen LogP contribution < -0.4 is 5.32 Å². The van der Waals surface area contributed by atoms with Crippen LogP contribution in [0.15, 0.2) is 41.3 Å². The molecule has 1 amide bonds. The first-order valence-electron chi connectivity index (χ1n) is 11.0. The average molecular weight is 456 g/mol. The number of sulfonamides is 1. The van der Waals surface area contributed by atoms with Crippen LogP contribution in [0.3, 0.4) is 0 Å². The number of rotatable bonds is 6. The second kappa shape index (κ2) is 8.99. The molecule has 8 nitrogen and oxygen atoms in total. The van der Waals surface area contributed by atoms with Gasteiger partial charge < -0.3 is 5.32 Å². The van der Waals surface area contributed by atoms with Crippen LogP contribution in [0, 0.1) is 13.8 Å². The van der Waals surface area contributed by atoms with E-state index in [1.807, 2.05) is 39.0 Å². The summed E-state index contributed by atoms with van der Waals surface area (Å²) in [6.45, 7) is 6.94. The molecule has 0 aliphatic carbocycles. The van der Waals surface area contributed by atoms with Crippen molar-refractivity contribution in [2.75, 3.05) is 11.9 Å². The summed E-state index contributed by atoms with van der Waals surface area (Å²) in [5.74, 6) is -0.291. The number of amides is 1. The maximum atomic E-state index is 13.6. The van der Waals surface area contributed by atoms with Gasteiger partial charge in [0.25, 0.3) is 0 Å². The molecule has 32 heavy (non-hydrogen) atoms. The number of benzene rings is 2. The third-order valence-electron chi connectivity index (χ3n) is 6.01. The van der Waals surface area contributed by atoms with E-state index in [-0.39, 0.29) is 10.8 Å². The van der Waals surface area contributed by atoms with Gasteiger partial charge in [0, 0.05) is 18.8 Å². The Morgan fingerprint density at radius 1 is 1.16 bits per heavy atom. The Morgan fingerprint density at radius 2 is 1.91 bits per heavy atom. The largest absolute Gasteiger partial charge is 0.324 e. The molecule has 2 aromatic carbocycles. The van der Waals surface area contributed by atoms with Gasteiger partial charge in [-0.2, -0.15) is 4.31 Å². The maximum Gasteiger partial charge on any atom is 0.243 e. The lowest BCUT2D eigenvalue weighted by atomic mass is 10.0. The number of carbonyl (C=O) groups is 1. The molecule has 0 saturated carbocycles. The van der Waals surface area contributed by atoms with E-state index in [4.69, 9.17) is 0 Å². The number of hydrogen-bond donors (Lipinski definition) is 1. The smallest absolute Gasteiger partial charge is 0.243 e. The molecule has 9 heteroatoms. The van der Waals surface area contributed by atoms with E-state index in [9.17, 15) is 13.2 Å². The lowest BCUT2D eigenvalue weighted by molar-refractivity contribution is -0.120. The van der Waals surface area contributed by atoms with Gasteiger partial charge in [0.2, 0.25) is 15.9 Å². The second-order valence-corrected chi connectivity index (χ2v) is 10.2. The monoisotopic (exact) mass is 455 g/mol. The molecule has 1 aliphatic rings. The summed E-state index contributed by atoms with van der Waals surface area (Å²) in [6, 6.07) is 9.93. The van der Waals surface area contributed by atoms with Gasteiger partial charge in [-0.05, 0) is 62.4 Å². The highest BCUT2D eigenvalue weighted by Crippen LogP contribution is 2.29. The molecule has 1 fully saturated rings. The van der Waals surface area contributed by atoms with Gasteiger partial charge in [0.1, 0.15) is 11.6 Å². The number of aryl methyl sites for hydroxylation is 3. The minimum Gasteiger partial charge on any atom is -0.324 e. The summed E-state index contributed by atoms with van der Waals surface area (Å²) < 4.78 is 30.2. The Hall–Kier alpha value is -2.78. The van der Waals surface area contributed by atoms with Crippen LogP contribution in [-0.2, 0) is 21.4 Å². The first-order valence-corrected chi connectivity index (χ1v) is 12.5. The topological polar surface area (TPSA) is 97.2 Å². The third kappa shape index (κ3) is 4.14. The zero-order valence-corrected chi connectivity index (χ0v) is 19.5. The van der Waals surface area contributed by atoms with Gasteiger partial charge >= 0.3 is 0 Å². The number of anilines is 1. The Kier molecular flexibility index (Phi) is 6.30. The summed E-state index contributed by atoms with van der Waals surface area (Å²) in [6.07, 6.45) is 2.93. The number of piperidine rings is 1. The highest BCUT2D eigenvalue weighted by atomic mass is 32.2. The van der Waals surface area contributed by atoms with E-state index in [0.717, 1.165) is 48.1 Å². The van der Waals surface area contributed by atoms with Gasteiger partial charge in [-0.1, -0.05) is 36.8 Å². The molecule has 0 radical (unpaired) electrons. The molecule has 3 aromatic rings. The third-order valence-corrected chi connectivity index (χ3v) is 7.92. The van der Waals surface area contributed by atoms with Crippen molar-refractivity contribution in [1.29, 1.82) is 0 Å². The quantitative estimate of drug-likeness (QED) is 0.612. The molecule has 2 heterocycles. The normalized spacial score (nSPS) is 17.5. The number of hydrogen-bond acceptors (Lipinski definition) is 5. The molecule has 1 saturated heterocycles. The number of fused-ring (bicyclic) bond motifs is 1. The molecular weight excluding hydrogens is 426 g/mol. The average Bonchev–Trinajstić information content (AvgIpc) is 3.19. The highest BCUT2D eigenvalue weighted by Gasteiger charge is 2.38. The minimum absolute atomic E-state index is 0.139. The maximum absolute atomic E-state index is 13.6. The minimum atomic E-state index is -3.87. The van der Waals surface area contributed by atoms with Crippen molar-refractivity contribution in [3.8, 4) is 0 Å². The number of aromatic nitrogens is 3. The molecule has 170 valence electrons. The van der Waals surface area contributed by atoms with Crippen molar-refractivity contribution in [3.05, 3.63) is 47.5 Å². The van der Waals surface area contributed by atoms with Crippen molar-refractivity contribution in [1.82, 2.24) is 19.3 Å². The van der Waals surface area contributed by atoms with E-state index in [1.165, 1.54) is 4.31 Å². The van der Waals surface area contributed by atoms with Gasteiger partial charge in [-0.25, -0.2) is 13.1 Å². The zero-order chi connectivity index (χ0) is 22.9.